The Bertz CT molecular complexity index is 187. The SMILES string of the molecule is CCOP(=O)(O)CCC1CCCC1. The molecule has 78 valence electrons. The summed E-state index contributed by atoms with van der Waals surface area (Å²) < 4.78 is 16.1. The van der Waals surface area contributed by atoms with Crippen molar-refractivity contribution in [1.29, 1.82) is 0 Å². The van der Waals surface area contributed by atoms with E-state index in [9.17, 15) is 9.46 Å². The van der Waals surface area contributed by atoms with Gasteiger partial charge in [-0.05, 0) is 19.3 Å². The molecule has 0 aromatic rings. The van der Waals surface area contributed by atoms with Crippen molar-refractivity contribution in [2.24, 2.45) is 5.92 Å². The van der Waals surface area contributed by atoms with Crippen LogP contribution in [0.15, 0.2) is 0 Å². The van der Waals surface area contributed by atoms with Crippen molar-refractivity contribution < 1.29 is 14.0 Å². The number of hydrogen-bond donors (Lipinski definition) is 1. The van der Waals surface area contributed by atoms with Crippen LogP contribution in [0.3, 0.4) is 0 Å². The van der Waals surface area contributed by atoms with Crippen LogP contribution in [0.5, 0.6) is 0 Å². The molecule has 1 unspecified atom stereocenters. The summed E-state index contributed by atoms with van der Waals surface area (Å²) in [5.74, 6) is 0.668. The van der Waals surface area contributed by atoms with Crippen LogP contribution < -0.4 is 0 Å². The second-order valence-corrected chi connectivity index (χ2v) is 5.70. The summed E-state index contributed by atoms with van der Waals surface area (Å²) in [5.41, 5.74) is 0. The van der Waals surface area contributed by atoms with E-state index in [0.29, 0.717) is 18.7 Å². The second-order valence-electron chi connectivity index (χ2n) is 3.72. The average Bonchev–Trinajstić information content (AvgIpc) is 2.52. The lowest BCUT2D eigenvalue weighted by atomic mass is 10.1. The lowest BCUT2D eigenvalue weighted by molar-refractivity contribution is 0.271. The molecule has 0 aromatic heterocycles. The average molecular weight is 206 g/mol. The topological polar surface area (TPSA) is 46.5 Å². The Morgan fingerprint density at radius 2 is 2.08 bits per heavy atom. The molecule has 1 saturated carbocycles. The van der Waals surface area contributed by atoms with Crippen LogP contribution in [-0.2, 0) is 9.09 Å². The van der Waals surface area contributed by atoms with Crippen molar-refractivity contribution >= 4 is 7.60 Å². The maximum atomic E-state index is 11.3. The third kappa shape index (κ3) is 4.26. The van der Waals surface area contributed by atoms with Crippen LogP contribution in [0.4, 0.5) is 0 Å². The zero-order valence-electron chi connectivity index (χ0n) is 8.24. The summed E-state index contributed by atoms with van der Waals surface area (Å²) in [6.07, 6.45) is 6.22. The lowest BCUT2D eigenvalue weighted by Crippen LogP contribution is -2.00. The van der Waals surface area contributed by atoms with Gasteiger partial charge >= 0.3 is 7.60 Å². The normalized spacial score (nSPS) is 23.2. The molecule has 1 rings (SSSR count). The van der Waals surface area contributed by atoms with Gasteiger partial charge < -0.3 is 9.42 Å². The first-order chi connectivity index (χ1) is 6.14. The molecule has 0 amide bonds. The number of rotatable bonds is 5. The molecule has 1 atom stereocenters. The smallest absolute Gasteiger partial charge is 0.324 e. The largest absolute Gasteiger partial charge is 0.328 e. The fourth-order valence-corrected chi connectivity index (χ4v) is 3.14. The summed E-state index contributed by atoms with van der Waals surface area (Å²) in [6.45, 7) is 2.08. The number of hydrogen-bond acceptors (Lipinski definition) is 2. The van der Waals surface area contributed by atoms with Gasteiger partial charge in [0.05, 0.1) is 12.8 Å². The molecule has 1 fully saturated rings. The van der Waals surface area contributed by atoms with Gasteiger partial charge in [0, 0.05) is 0 Å². The Morgan fingerprint density at radius 1 is 1.46 bits per heavy atom. The molecular weight excluding hydrogens is 187 g/mol. The van der Waals surface area contributed by atoms with E-state index in [1.165, 1.54) is 25.7 Å². The van der Waals surface area contributed by atoms with Crippen LogP contribution in [0.1, 0.15) is 39.0 Å². The van der Waals surface area contributed by atoms with E-state index in [1.807, 2.05) is 0 Å². The fourth-order valence-electron chi connectivity index (χ4n) is 1.91. The van der Waals surface area contributed by atoms with Crippen molar-refractivity contribution in [2.45, 2.75) is 39.0 Å². The van der Waals surface area contributed by atoms with Crippen LogP contribution >= 0.6 is 7.60 Å². The molecule has 1 aliphatic carbocycles. The molecule has 0 radical (unpaired) electrons. The first-order valence-electron chi connectivity index (χ1n) is 5.10. The Hall–Kier alpha value is 0.150. The van der Waals surface area contributed by atoms with E-state index in [2.05, 4.69) is 0 Å². The van der Waals surface area contributed by atoms with E-state index in [0.717, 1.165) is 6.42 Å². The van der Waals surface area contributed by atoms with Crippen molar-refractivity contribution in [3.63, 3.8) is 0 Å². The standard InChI is InChI=1S/C9H19O3P/c1-2-12-13(10,11)8-7-9-5-3-4-6-9/h9H,2-8H2,1H3,(H,10,11). The third-order valence-corrected chi connectivity index (χ3v) is 4.11. The van der Waals surface area contributed by atoms with E-state index in [-0.39, 0.29) is 0 Å². The van der Waals surface area contributed by atoms with Gasteiger partial charge in [-0.1, -0.05) is 25.7 Å². The van der Waals surface area contributed by atoms with Gasteiger partial charge in [0.1, 0.15) is 0 Å². The van der Waals surface area contributed by atoms with E-state index in [4.69, 9.17) is 4.52 Å². The van der Waals surface area contributed by atoms with Crippen LogP contribution in [0.25, 0.3) is 0 Å². The van der Waals surface area contributed by atoms with Crippen molar-refractivity contribution in [3.8, 4) is 0 Å². The predicted octanol–water partition coefficient (Wildman–Crippen LogP) is 2.79. The monoisotopic (exact) mass is 206 g/mol. The van der Waals surface area contributed by atoms with Gasteiger partial charge in [0.2, 0.25) is 0 Å². The van der Waals surface area contributed by atoms with Gasteiger partial charge in [-0.15, -0.1) is 0 Å². The minimum Gasteiger partial charge on any atom is -0.324 e. The predicted molar refractivity (Wildman–Crippen MR) is 52.9 cm³/mol. The minimum absolute atomic E-state index is 0.332. The molecule has 1 N–H and O–H groups in total. The van der Waals surface area contributed by atoms with Crippen molar-refractivity contribution in [1.82, 2.24) is 0 Å². The first-order valence-corrected chi connectivity index (χ1v) is 6.86. The molecule has 0 spiro atoms. The first kappa shape index (κ1) is 11.2. The molecule has 0 heterocycles. The lowest BCUT2D eigenvalue weighted by Gasteiger charge is -2.13. The minimum atomic E-state index is -3.24. The molecule has 0 bridgehead atoms. The van der Waals surface area contributed by atoms with Gasteiger partial charge in [0.15, 0.2) is 0 Å². The summed E-state index contributed by atoms with van der Waals surface area (Å²) in [6, 6.07) is 0. The van der Waals surface area contributed by atoms with Crippen molar-refractivity contribution in [2.75, 3.05) is 12.8 Å². The summed E-state index contributed by atoms with van der Waals surface area (Å²) >= 11 is 0. The van der Waals surface area contributed by atoms with Gasteiger partial charge in [-0.2, -0.15) is 0 Å². The van der Waals surface area contributed by atoms with Gasteiger partial charge in [-0.25, -0.2) is 0 Å². The Kier molecular flexibility index (Phi) is 4.43. The highest BCUT2D eigenvalue weighted by Crippen LogP contribution is 2.44. The Morgan fingerprint density at radius 3 is 2.62 bits per heavy atom. The molecule has 0 aromatic carbocycles. The summed E-state index contributed by atoms with van der Waals surface area (Å²) in [5, 5.41) is 0. The molecular formula is C9H19O3P. The van der Waals surface area contributed by atoms with E-state index in [1.54, 1.807) is 6.92 Å². The van der Waals surface area contributed by atoms with E-state index < -0.39 is 7.60 Å². The molecule has 3 nitrogen and oxygen atoms in total. The van der Waals surface area contributed by atoms with Crippen LogP contribution in [0, 0.1) is 5.92 Å². The highest BCUT2D eigenvalue weighted by molar-refractivity contribution is 7.52. The maximum absolute atomic E-state index is 11.3. The molecule has 13 heavy (non-hydrogen) atoms. The highest BCUT2D eigenvalue weighted by Gasteiger charge is 2.22. The molecule has 0 saturated heterocycles. The van der Waals surface area contributed by atoms with Gasteiger partial charge in [-0.3, -0.25) is 4.57 Å². The van der Waals surface area contributed by atoms with E-state index >= 15 is 0 Å². The van der Waals surface area contributed by atoms with Crippen LogP contribution in [0.2, 0.25) is 0 Å². The zero-order valence-corrected chi connectivity index (χ0v) is 9.13. The van der Waals surface area contributed by atoms with Crippen LogP contribution in [-0.4, -0.2) is 17.7 Å². The quantitative estimate of drug-likeness (QED) is 0.703. The zero-order chi connectivity index (χ0) is 9.73. The molecule has 4 heteroatoms. The fraction of sp³-hybridized carbons (Fsp3) is 1.00. The third-order valence-electron chi connectivity index (χ3n) is 2.63. The second kappa shape index (κ2) is 5.14. The van der Waals surface area contributed by atoms with Crippen molar-refractivity contribution in [3.05, 3.63) is 0 Å². The van der Waals surface area contributed by atoms with Gasteiger partial charge in [0.25, 0.3) is 0 Å². The Labute approximate surface area is 80.0 Å². The molecule has 0 aliphatic heterocycles. The summed E-state index contributed by atoms with van der Waals surface area (Å²) in [7, 11) is -3.24. The summed E-state index contributed by atoms with van der Waals surface area (Å²) in [4.78, 5) is 9.31. The highest BCUT2D eigenvalue weighted by atomic mass is 31.2. The Balaban J connectivity index is 2.20. The molecule has 1 aliphatic rings. The maximum Gasteiger partial charge on any atom is 0.328 e.